The number of hydrogen-bond donors (Lipinski definition) is 1. The predicted octanol–water partition coefficient (Wildman–Crippen LogP) is 1.91. The van der Waals surface area contributed by atoms with E-state index in [9.17, 15) is 4.79 Å². The molecular weight excluding hydrogens is 320 g/mol. The first-order valence-corrected chi connectivity index (χ1v) is 8.60. The molecule has 0 bridgehead atoms. The fourth-order valence-electron chi connectivity index (χ4n) is 3.50. The number of aryl methyl sites for hydroxylation is 1. The van der Waals surface area contributed by atoms with E-state index in [2.05, 4.69) is 15.4 Å². The molecule has 25 heavy (non-hydrogen) atoms. The second-order valence-corrected chi connectivity index (χ2v) is 6.62. The normalized spacial score (nSPS) is 22.6. The minimum absolute atomic E-state index is 0.0377. The number of hydrogen-bond acceptors (Lipinski definition) is 5. The molecule has 132 valence electrons. The van der Waals surface area contributed by atoms with E-state index in [1.807, 2.05) is 20.0 Å². The molecule has 2 atom stereocenters. The maximum Gasteiger partial charge on any atom is 0.230 e. The summed E-state index contributed by atoms with van der Waals surface area (Å²) < 4.78 is 13.1. The van der Waals surface area contributed by atoms with Gasteiger partial charge in [0.1, 0.15) is 0 Å². The number of aromatic nitrogens is 3. The Balaban J connectivity index is 1.51. The van der Waals surface area contributed by atoms with E-state index in [1.54, 1.807) is 17.1 Å². The molecule has 1 amide bonds. The molecule has 0 aromatic carbocycles. The predicted molar refractivity (Wildman–Crippen MR) is 91.0 cm³/mol. The Morgan fingerprint density at radius 3 is 3.04 bits per heavy atom. The van der Waals surface area contributed by atoms with Gasteiger partial charge in [-0.1, -0.05) is 0 Å². The van der Waals surface area contributed by atoms with Crippen LogP contribution in [0.1, 0.15) is 35.0 Å². The van der Waals surface area contributed by atoms with E-state index >= 15 is 0 Å². The minimum atomic E-state index is -0.248. The van der Waals surface area contributed by atoms with Crippen LogP contribution in [0.2, 0.25) is 0 Å². The van der Waals surface area contributed by atoms with Crippen LogP contribution in [0.3, 0.4) is 0 Å². The number of ether oxygens (including phenoxy) is 2. The summed E-state index contributed by atoms with van der Waals surface area (Å²) in [7, 11) is 1.89. The van der Waals surface area contributed by atoms with Crippen molar-refractivity contribution in [3.05, 3.63) is 41.0 Å². The summed E-state index contributed by atoms with van der Waals surface area (Å²) in [6.45, 7) is 3.83. The summed E-state index contributed by atoms with van der Waals surface area (Å²) in [6, 6.07) is 1.96. The van der Waals surface area contributed by atoms with Crippen molar-refractivity contribution in [2.75, 3.05) is 18.5 Å². The number of anilines is 1. The Morgan fingerprint density at radius 1 is 1.36 bits per heavy atom. The lowest BCUT2D eigenvalue weighted by Crippen LogP contribution is -2.26. The smallest absolute Gasteiger partial charge is 0.230 e. The first kappa shape index (κ1) is 16.2. The first-order chi connectivity index (χ1) is 12.1. The number of nitrogens with zero attached hydrogens (tertiary/aromatic N) is 3. The summed E-state index contributed by atoms with van der Waals surface area (Å²) in [5.41, 5.74) is 4.82. The van der Waals surface area contributed by atoms with Crippen molar-refractivity contribution in [3.8, 4) is 0 Å². The molecule has 2 aliphatic heterocycles. The molecule has 4 heterocycles. The summed E-state index contributed by atoms with van der Waals surface area (Å²) in [6.07, 6.45) is 4.79. The number of nitrogens with one attached hydrogen (secondary N) is 1. The number of amides is 1. The number of rotatable bonds is 3. The molecule has 0 aliphatic carbocycles. The van der Waals surface area contributed by atoms with E-state index in [0.29, 0.717) is 31.9 Å². The zero-order valence-corrected chi connectivity index (χ0v) is 14.5. The van der Waals surface area contributed by atoms with Gasteiger partial charge in [0, 0.05) is 42.6 Å². The van der Waals surface area contributed by atoms with Crippen LogP contribution < -0.4 is 5.32 Å². The lowest BCUT2D eigenvalue weighted by atomic mass is 9.95. The van der Waals surface area contributed by atoms with Gasteiger partial charge in [0.15, 0.2) is 0 Å². The second kappa shape index (κ2) is 6.57. The van der Waals surface area contributed by atoms with Crippen molar-refractivity contribution >= 4 is 11.6 Å². The van der Waals surface area contributed by atoms with Crippen LogP contribution in [0.5, 0.6) is 0 Å². The van der Waals surface area contributed by atoms with Gasteiger partial charge in [0.05, 0.1) is 43.3 Å². The Kier molecular flexibility index (Phi) is 4.27. The van der Waals surface area contributed by atoms with Crippen molar-refractivity contribution < 1.29 is 14.3 Å². The zero-order chi connectivity index (χ0) is 17.4. The third-order valence-electron chi connectivity index (χ3n) is 5.08. The van der Waals surface area contributed by atoms with Crippen LogP contribution in [0, 0.1) is 12.8 Å². The second-order valence-electron chi connectivity index (χ2n) is 6.62. The van der Waals surface area contributed by atoms with E-state index in [1.165, 1.54) is 0 Å². The highest BCUT2D eigenvalue weighted by molar-refractivity contribution is 5.93. The Morgan fingerprint density at radius 2 is 2.24 bits per heavy atom. The maximum absolute atomic E-state index is 12.8. The molecule has 1 N–H and O–H groups in total. The summed E-state index contributed by atoms with van der Waals surface area (Å²) in [5, 5.41) is 7.26. The Labute approximate surface area is 146 Å². The Bertz CT molecular complexity index is 802. The molecule has 4 rings (SSSR count). The molecule has 7 nitrogen and oxygen atoms in total. The topological polar surface area (TPSA) is 78.3 Å². The molecule has 0 radical (unpaired) electrons. The van der Waals surface area contributed by atoms with E-state index < -0.39 is 0 Å². The monoisotopic (exact) mass is 342 g/mol. The van der Waals surface area contributed by atoms with Gasteiger partial charge < -0.3 is 14.8 Å². The van der Waals surface area contributed by atoms with Gasteiger partial charge in [-0.15, -0.1) is 0 Å². The molecule has 0 saturated carbocycles. The van der Waals surface area contributed by atoms with Crippen LogP contribution >= 0.6 is 0 Å². The van der Waals surface area contributed by atoms with Crippen molar-refractivity contribution in [2.24, 2.45) is 13.0 Å². The zero-order valence-electron chi connectivity index (χ0n) is 14.5. The van der Waals surface area contributed by atoms with E-state index in [0.717, 1.165) is 28.9 Å². The first-order valence-electron chi connectivity index (χ1n) is 8.60. The number of carbonyl (C=O) groups excluding carboxylic acids is 1. The summed E-state index contributed by atoms with van der Waals surface area (Å²) in [5.74, 6) is -0.264. The third-order valence-corrected chi connectivity index (χ3v) is 5.08. The van der Waals surface area contributed by atoms with Crippen molar-refractivity contribution in [2.45, 2.75) is 32.5 Å². The lowest BCUT2D eigenvalue weighted by Gasteiger charge is -2.19. The van der Waals surface area contributed by atoms with E-state index in [-0.39, 0.29) is 17.9 Å². The van der Waals surface area contributed by atoms with Crippen LogP contribution in [-0.2, 0) is 34.3 Å². The molecule has 0 unspecified atom stereocenters. The van der Waals surface area contributed by atoms with Crippen LogP contribution in [-0.4, -0.2) is 33.9 Å². The molecular formula is C18H22N4O3. The minimum Gasteiger partial charge on any atom is -0.376 e. The van der Waals surface area contributed by atoms with Gasteiger partial charge in [-0.05, 0) is 19.4 Å². The molecule has 2 aromatic heterocycles. The molecule has 7 heteroatoms. The number of carbonyl (C=O) groups is 1. The van der Waals surface area contributed by atoms with Crippen LogP contribution in [0.4, 0.5) is 5.69 Å². The average Bonchev–Trinajstić information content (AvgIpc) is 3.22. The SMILES string of the molecule is Cc1c([C@H]2OCC[C@@H]2C(=O)Nc2cnc3c(c2)COCC3)cnn1C. The fraction of sp³-hybridized carbons (Fsp3) is 0.500. The standard InChI is InChI=1S/C18H22N4O3/c1-11-15(9-20-22(11)2)17-14(3-6-25-17)18(23)21-13-7-12-10-24-5-4-16(12)19-8-13/h7-9,14,17H,3-6,10H2,1-2H3,(H,21,23)/t14-,17-/m0/s1. The van der Waals surface area contributed by atoms with Gasteiger partial charge in [-0.3, -0.25) is 14.5 Å². The maximum atomic E-state index is 12.8. The highest BCUT2D eigenvalue weighted by Crippen LogP contribution is 2.36. The fourth-order valence-corrected chi connectivity index (χ4v) is 3.50. The number of pyridine rings is 1. The van der Waals surface area contributed by atoms with E-state index in [4.69, 9.17) is 9.47 Å². The van der Waals surface area contributed by atoms with Crippen molar-refractivity contribution in [1.29, 1.82) is 0 Å². The molecule has 2 aromatic rings. The van der Waals surface area contributed by atoms with Gasteiger partial charge in [-0.25, -0.2) is 0 Å². The lowest BCUT2D eigenvalue weighted by molar-refractivity contribution is -0.121. The highest BCUT2D eigenvalue weighted by Gasteiger charge is 2.37. The number of fused-ring (bicyclic) bond motifs is 1. The average molecular weight is 342 g/mol. The van der Waals surface area contributed by atoms with Gasteiger partial charge >= 0.3 is 0 Å². The van der Waals surface area contributed by atoms with Crippen molar-refractivity contribution in [3.63, 3.8) is 0 Å². The van der Waals surface area contributed by atoms with Gasteiger partial charge in [-0.2, -0.15) is 5.10 Å². The van der Waals surface area contributed by atoms with Crippen molar-refractivity contribution in [1.82, 2.24) is 14.8 Å². The van der Waals surface area contributed by atoms with Crippen LogP contribution in [0.25, 0.3) is 0 Å². The third kappa shape index (κ3) is 3.05. The molecule has 2 aliphatic rings. The van der Waals surface area contributed by atoms with Gasteiger partial charge in [0.2, 0.25) is 5.91 Å². The Hall–Kier alpha value is -2.25. The molecule has 1 fully saturated rings. The molecule has 0 spiro atoms. The summed E-state index contributed by atoms with van der Waals surface area (Å²) >= 11 is 0. The summed E-state index contributed by atoms with van der Waals surface area (Å²) in [4.78, 5) is 17.3. The van der Waals surface area contributed by atoms with Gasteiger partial charge in [0.25, 0.3) is 0 Å². The highest BCUT2D eigenvalue weighted by atomic mass is 16.5. The largest absolute Gasteiger partial charge is 0.376 e. The van der Waals surface area contributed by atoms with Crippen LogP contribution in [0.15, 0.2) is 18.5 Å². The quantitative estimate of drug-likeness (QED) is 0.922. The molecule has 1 saturated heterocycles.